The van der Waals surface area contributed by atoms with E-state index >= 15 is 0 Å². The molecule has 0 spiro atoms. The topological polar surface area (TPSA) is 42.4 Å². The first-order chi connectivity index (χ1) is 23.8. The lowest BCUT2D eigenvalue weighted by molar-refractivity contribution is 0.622. The van der Waals surface area contributed by atoms with E-state index in [1.807, 2.05) is 53.8 Å². The maximum absolute atomic E-state index is 6.55. The lowest BCUT2D eigenvalue weighted by atomic mass is 10.0. The van der Waals surface area contributed by atoms with Crippen LogP contribution in [0.5, 0.6) is 0 Å². The van der Waals surface area contributed by atoms with Gasteiger partial charge in [-0.3, -0.25) is 0 Å². The van der Waals surface area contributed by atoms with Crippen LogP contribution in [0.25, 0.3) is 75.8 Å². The number of thiophene rings is 1. The molecular formula is C43H26N2O2S. The summed E-state index contributed by atoms with van der Waals surface area (Å²) >= 11 is 1.84. The number of benzene rings is 7. The average Bonchev–Trinajstić information content (AvgIpc) is 3.86. The molecule has 0 saturated carbocycles. The molecule has 0 N–H and O–H groups in total. The predicted octanol–water partition coefficient (Wildman–Crippen LogP) is 12.9. The predicted molar refractivity (Wildman–Crippen MR) is 200 cm³/mol. The quantitative estimate of drug-likeness (QED) is 0.189. The van der Waals surface area contributed by atoms with Gasteiger partial charge in [0, 0.05) is 53.7 Å². The Labute approximate surface area is 279 Å². The van der Waals surface area contributed by atoms with Gasteiger partial charge in [-0.25, -0.2) is 4.98 Å². The molecule has 0 saturated heterocycles. The summed E-state index contributed by atoms with van der Waals surface area (Å²) < 4.78 is 15.5. The zero-order valence-electron chi connectivity index (χ0n) is 25.6. The van der Waals surface area contributed by atoms with Gasteiger partial charge < -0.3 is 13.7 Å². The number of aromatic nitrogens is 1. The van der Waals surface area contributed by atoms with E-state index in [0.717, 1.165) is 66.8 Å². The van der Waals surface area contributed by atoms with Crippen LogP contribution >= 0.6 is 11.3 Å². The Morgan fingerprint density at radius 1 is 0.479 bits per heavy atom. The molecule has 0 atom stereocenters. The summed E-state index contributed by atoms with van der Waals surface area (Å²) in [5.41, 5.74) is 9.54. The molecule has 7 aromatic carbocycles. The van der Waals surface area contributed by atoms with E-state index < -0.39 is 0 Å². The molecule has 0 unspecified atom stereocenters. The maximum Gasteiger partial charge on any atom is 0.227 e. The van der Waals surface area contributed by atoms with Crippen LogP contribution in [-0.4, -0.2) is 4.98 Å². The molecule has 0 radical (unpaired) electrons. The zero-order valence-corrected chi connectivity index (χ0v) is 26.4. The largest absolute Gasteiger partial charge is 0.455 e. The van der Waals surface area contributed by atoms with Crippen LogP contribution in [-0.2, 0) is 0 Å². The Morgan fingerprint density at radius 2 is 1.19 bits per heavy atom. The molecule has 10 aromatic rings. The van der Waals surface area contributed by atoms with Crippen molar-refractivity contribution in [3.8, 4) is 22.6 Å². The number of fused-ring (bicyclic) bond motifs is 8. The van der Waals surface area contributed by atoms with Crippen LogP contribution in [0, 0.1) is 0 Å². The molecule has 4 nitrogen and oxygen atoms in total. The van der Waals surface area contributed by atoms with Gasteiger partial charge in [0.2, 0.25) is 5.89 Å². The van der Waals surface area contributed by atoms with Crippen LogP contribution in [0.3, 0.4) is 0 Å². The second kappa shape index (κ2) is 10.7. The van der Waals surface area contributed by atoms with Gasteiger partial charge in [-0.05, 0) is 78.4 Å². The van der Waals surface area contributed by atoms with Crippen molar-refractivity contribution in [2.45, 2.75) is 0 Å². The Bertz CT molecular complexity index is 2780. The summed E-state index contributed by atoms with van der Waals surface area (Å²) in [6.07, 6.45) is 0. The van der Waals surface area contributed by atoms with E-state index in [2.05, 4.69) is 120 Å². The maximum atomic E-state index is 6.55. The van der Waals surface area contributed by atoms with E-state index in [-0.39, 0.29) is 0 Å². The van der Waals surface area contributed by atoms with Crippen LogP contribution in [0.2, 0.25) is 0 Å². The van der Waals surface area contributed by atoms with Gasteiger partial charge in [0.05, 0.1) is 5.39 Å². The van der Waals surface area contributed by atoms with E-state index in [1.54, 1.807) is 0 Å². The molecule has 0 aliphatic rings. The van der Waals surface area contributed by atoms with Crippen LogP contribution in [0.15, 0.2) is 167 Å². The molecule has 10 rings (SSSR count). The molecule has 0 aliphatic heterocycles. The van der Waals surface area contributed by atoms with E-state index in [9.17, 15) is 0 Å². The molecule has 3 aromatic heterocycles. The number of nitrogens with zero attached hydrogens (tertiary/aromatic N) is 2. The Morgan fingerprint density at radius 3 is 2.04 bits per heavy atom. The Balaban J connectivity index is 1.08. The third-order valence-electron chi connectivity index (χ3n) is 9.11. The molecule has 0 aliphatic carbocycles. The van der Waals surface area contributed by atoms with Gasteiger partial charge >= 0.3 is 0 Å². The number of furan rings is 1. The number of rotatable bonds is 5. The van der Waals surface area contributed by atoms with E-state index in [1.165, 1.54) is 20.2 Å². The number of oxazole rings is 1. The van der Waals surface area contributed by atoms with Gasteiger partial charge in [0.25, 0.3) is 0 Å². The second-order valence-electron chi connectivity index (χ2n) is 12.0. The molecule has 226 valence electrons. The number of para-hydroxylation sites is 2. The SMILES string of the molecule is c1ccc(-c2nc3ccc4oc5c(-c6ccc(N(c7ccccc7)c7ccc8sc9ccccc9c8c7)cc6)cccc5c4c3o2)cc1. The highest BCUT2D eigenvalue weighted by atomic mass is 32.1. The van der Waals surface area contributed by atoms with Crippen molar-refractivity contribution >= 4 is 81.6 Å². The van der Waals surface area contributed by atoms with Gasteiger partial charge in [0.1, 0.15) is 16.7 Å². The average molecular weight is 635 g/mol. The molecule has 3 heterocycles. The van der Waals surface area contributed by atoms with Crippen molar-refractivity contribution in [2.75, 3.05) is 4.90 Å². The van der Waals surface area contributed by atoms with Crippen LogP contribution in [0.4, 0.5) is 17.1 Å². The molecule has 5 heteroatoms. The van der Waals surface area contributed by atoms with Crippen molar-refractivity contribution in [2.24, 2.45) is 0 Å². The highest BCUT2D eigenvalue weighted by Gasteiger charge is 2.20. The van der Waals surface area contributed by atoms with Crippen LogP contribution in [0.1, 0.15) is 0 Å². The second-order valence-corrected chi connectivity index (χ2v) is 13.0. The molecule has 0 amide bonds. The first kappa shape index (κ1) is 27.0. The fraction of sp³-hybridized carbons (Fsp3) is 0. The van der Waals surface area contributed by atoms with Crippen molar-refractivity contribution in [3.63, 3.8) is 0 Å². The fourth-order valence-corrected chi connectivity index (χ4v) is 7.95. The normalized spacial score (nSPS) is 11.8. The van der Waals surface area contributed by atoms with Crippen molar-refractivity contribution in [3.05, 3.63) is 158 Å². The Kier molecular flexibility index (Phi) is 6.01. The zero-order chi connectivity index (χ0) is 31.6. The molecule has 0 fully saturated rings. The highest BCUT2D eigenvalue weighted by Crippen LogP contribution is 2.43. The minimum absolute atomic E-state index is 0.605. The van der Waals surface area contributed by atoms with Crippen molar-refractivity contribution < 1.29 is 8.83 Å². The summed E-state index contributed by atoms with van der Waals surface area (Å²) in [6, 6.07) is 55.0. The summed E-state index contributed by atoms with van der Waals surface area (Å²) in [7, 11) is 0. The lowest BCUT2D eigenvalue weighted by Crippen LogP contribution is -2.09. The molecular weight excluding hydrogens is 609 g/mol. The lowest BCUT2D eigenvalue weighted by Gasteiger charge is -2.25. The smallest absolute Gasteiger partial charge is 0.227 e. The number of hydrogen-bond acceptors (Lipinski definition) is 5. The monoisotopic (exact) mass is 634 g/mol. The van der Waals surface area contributed by atoms with Crippen LogP contribution < -0.4 is 4.90 Å². The summed E-state index contributed by atoms with van der Waals surface area (Å²) in [5, 5.41) is 4.52. The number of anilines is 3. The molecule has 0 bridgehead atoms. The molecule has 48 heavy (non-hydrogen) atoms. The van der Waals surface area contributed by atoms with E-state index in [0.29, 0.717) is 5.89 Å². The van der Waals surface area contributed by atoms with Gasteiger partial charge in [-0.1, -0.05) is 84.9 Å². The first-order valence-corrected chi connectivity index (χ1v) is 16.8. The fourth-order valence-electron chi connectivity index (χ4n) is 6.87. The summed E-state index contributed by atoms with van der Waals surface area (Å²) in [6.45, 7) is 0. The van der Waals surface area contributed by atoms with Gasteiger partial charge in [-0.15, -0.1) is 11.3 Å². The summed E-state index contributed by atoms with van der Waals surface area (Å²) in [5.74, 6) is 0.605. The Hall–Kier alpha value is -6.17. The minimum Gasteiger partial charge on any atom is -0.455 e. The highest BCUT2D eigenvalue weighted by molar-refractivity contribution is 7.25. The van der Waals surface area contributed by atoms with Gasteiger partial charge in [-0.2, -0.15) is 0 Å². The summed E-state index contributed by atoms with van der Waals surface area (Å²) in [4.78, 5) is 7.11. The standard InChI is InChI=1S/C43H26N2O2S/c1-3-10-28(11-4-1)43-44-36-23-24-37-40(42(36)47-43)34-16-9-15-32(41(34)46-37)27-18-20-30(21-19-27)45(29-12-5-2-6-13-29)31-22-25-39-35(26-31)33-14-7-8-17-38(33)48-39/h1-26H. The van der Waals surface area contributed by atoms with E-state index in [4.69, 9.17) is 13.8 Å². The minimum atomic E-state index is 0.605. The number of hydrogen-bond donors (Lipinski definition) is 0. The van der Waals surface area contributed by atoms with Crippen molar-refractivity contribution in [1.82, 2.24) is 4.98 Å². The first-order valence-electron chi connectivity index (χ1n) is 16.0. The van der Waals surface area contributed by atoms with Crippen molar-refractivity contribution in [1.29, 1.82) is 0 Å². The third-order valence-corrected chi connectivity index (χ3v) is 10.3. The third kappa shape index (κ3) is 4.25. The van der Waals surface area contributed by atoms with Gasteiger partial charge in [0.15, 0.2) is 5.58 Å².